The number of nitrogens with one attached hydrogen (secondary N) is 1. The van der Waals surface area contributed by atoms with Gasteiger partial charge in [0, 0.05) is 12.7 Å². The molecule has 0 radical (unpaired) electrons. The highest BCUT2D eigenvalue weighted by Gasteiger charge is 2.02. The number of nitrogens with zero attached hydrogens (tertiary/aromatic N) is 2. The molecule has 3 nitrogen and oxygen atoms in total. The summed E-state index contributed by atoms with van der Waals surface area (Å²) < 4.78 is 1.99. The molecule has 2 rings (SSSR count). The first-order valence-electron chi connectivity index (χ1n) is 6.06. The number of aryl methyl sites for hydroxylation is 1. The fraction of sp³-hybridized carbons (Fsp3) is 0.357. The van der Waals surface area contributed by atoms with E-state index in [1.165, 1.54) is 16.7 Å². The molecule has 0 aliphatic heterocycles. The van der Waals surface area contributed by atoms with E-state index in [9.17, 15) is 0 Å². The summed E-state index contributed by atoms with van der Waals surface area (Å²) in [5.74, 6) is 0. The molecule has 3 heteroatoms. The van der Waals surface area contributed by atoms with Crippen LogP contribution in [-0.4, -0.2) is 16.3 Å². The molecule has 0 fully saturated rings. The van der Waals surface area contributed by atoms with Crippen LogP contribution in [0.4, 0.5) is 0 Å². The van der Waals surface area contributed by atoms with E-state index in [0.29, 0.717) is 0 Å². The standard InChI is InChI=1S/C14H19N3/c1-3-15-9-13-6-4-5-7-14(13)11-17-10-12(2)8-16-17/h4-8,10,15H,3,9,11H2,1-2H3. The zero-order chi connectivity index (χ0) is 12.1. The van der Waals surface area contributed by atoms with E-state index in [1.54, 1.807) is 0 Å². The van der Waals surface area contributed by atoms with Crippen LogP contribution in [0.25, 0.3) is 0 Å². The molecule has 0 amide bonds. The second kappa shape index (κ2) is 5.64. The van der Waals surface area contributed by atoms with Crippen LogP contribution < -0.4 is 5.32 Å². The van der Waals surface area contributed by atoms with Gasteiger partial charge < -0.3 is 5.32 Å². The van der Waals surface area contributed by atoms with Crippen molar-refractivity contribution in [3.63, 3.8) is 0 Å². The van der Waals surface area contributed by atoms with Crippen molar-refractivity contribution in [3.8, 4) is 0 Å². The quantitative estimate of drug-likeness (QED) is 0.853. The monoisotopic (exact) mass is 229 g/mol. The van der Waals surface area contributed by atoms with Gasteiger partial charge in [0.1, 0.15) is 0 Å². The van der Waals surface area contributed by atoms with E-state index < -0.39 is 0 Å². The normalized spacial score (nSPS) is 10.7. The molecule has 0 unspecified atom stereocenters. The van der Waals surface area contributed by atoms with Crippen LogP contribution >= 0.6 is 0 Å². The molecule has 90 valence electrons. The molecule has 0 aliphatic rings. The van der Waals surface area contributed by atoms with Gasteiger partial charge in [0.05, 0.1) is 12.7 Å². The summed E-state index contributed by atoms with van der Waals surface area (Å²) in [6.07, 6.45) is 3.97. The van der Waals surface area contributed by atoms with Crippen molar-refractivity contribution in [2.75, 3.05) is 6.54 Å². The highest BCUT2D eigenvalue weighted by atomic mass is 15.3. The van der Waals surface area contributed by atoms with Crippen molar-refractivity contribution in [3.05, 3.63) is 53.3 Å². The minimum atomic E-state index is 0.843. The molecule has 1 aromatic heterocycles. The van der Waals surface area contributed by atoms with Crippen molar-refractivity contribution < 1.29 is 0 Å². The van der Waals surface area contributed by atoms with Crippen LogP contribution in [0.15, 0.2) is 36.7 Å². The summed E-state index contributed by atoms with van der Waals surface area (Å²) in [5.41, 5.74) is 3.88. The lowest BCUT2D eigenvalue weighted by atomic mass is 10.1. The van der Waals surface area contributed by atoms with E-state index in [-0.39, 0.29) is 0 Å². The second-order valence-corrected chi connectivity index (χ2v) is 4.26. The maximum atomic E-state index is 4.33. The predicted molar refractivity (Wildman–Crippen MR) is 69.9 cm³/mol. The third-order valence-electron chi connectivity index (χ3n) is 2.78. The largest absolute Gasteiger partial charge is 0.313 e. The molecular formula is C14H19N3. The smallest absolute Gasteiger partial charge is 0.0662 e. The van der Waals surface area contributed by atoms with Gasteiger partial charge in [-0.05, 0) is 30.2 Å². The maximum Gasteiger partial charge on any atom is 0.0662 e. The highest BCUT2D eigenvalue weighted by Crippen LogP contribution is 2.10. The zero-order valence-corrected chi connectivity index (χ0v) is 10.5. The molecule has 0 spiro atoms. The maximum absolute atomic E-state index is 4.33. The summed E-state index contributed by atoms with van der Waals surface area (Å²) >= 11 is 0. The Bertz CT molecular complexity index is 474. The number of aromatic nitrogens is 2. The van der Waals surface area contributed by atoms with Gasteiger partial charge in [-0.3, -0.25) is 4.68 Å². The molecule has 0 saturated carbocycles. The number of benzene rings is 1. The van der Waals surface area contributed by atoms with E-state index in [2.05, 4.69) is 54.7 Å². The van der Waals surface area contributed by atoms with Crippen LogP contribution in [0.5, 0.6) is 0 Å². The highest BCUT2D eigenvalue weighted by molar-refractivity contribution is 5.27. The molecule has 0 bridgehead atoms. The summed E-state index contributed by atoms with van der Waals surface area (Å²) in [5, 5.41) is 7.69. The van der Waals surface area contributed by atoms with Gasteiger partial charge in [0.25, 0.3) is 0 Å². The van der Waals surface area contributed by atoms with Gasteiger partial charge in [-0.2, -0.15) is 5.10 Å². The van der Waals surface area contributed by atoms with Gasteiger partial charge in [-0.1, -0.05) is 31.2 Å². The minimum absolute atomic E-state index is 0.843. The molecule has 0 aliphatic carbocycles. The number of rotatable bonds is 5. The van der Waals surface area contributed by atoms with Crippen LogP contribution in [0.2, 0.25) is 0 Å². The fourth-order valence-corrected chi connectivity index (χ4v) is 1.87. The van der Waals surface area contributed by atoms with Crippen LogP contribution in [0.1, 0.15) is 23.6 Å². The van der Waals surface area contributed by atoms with Crippen molar-refractivity contribution in [2.45, 2.75) is 26.9 Å². The average molecular weight is 229 g/mol. The lowest BCUT2D eigenvalue weighted by Crippen LogP contribution is -2.14. The van der Waals surface area contributed by atoms with Crippen molar-refractivity contribution in [1.29, 1.82) is 0 Å². The van der Waals surface area contributed by atoms with Gasteiger partial charge in [-0.25, -0.2) is 0 Å². The van der Waals surface area contributed by atoms with Crippen molar-refractivity contribution in [1.82, 2.24) is 15.1 Å². The molecule has 0 saturated heterocycles. The molecule has 0 atom stereocenters. The third kappa shape index (κ3) is 3.17. The topological polar surface area (TPSA) is 29.9 Å². The van der Waals surface area contributed by atoms with Gasteiger partial charge >= 0.3 is 0 Å². The van der Waals surface area contributed by atoms with E-state index in [4.69, 9.17) is 0 Å². The van der Waals surface area contributed by atoms with E-state index >= 15 is 0 Å². The van der Waals surface area contributed by atoms with Crippen LogP contribution in [0, 0.1) is 6.92 Å². The molecule has 1 heterocycles. The average Bonchev–Trinajstić information content (AvgIpc) is 2.74. The van der Waals surface area contributed by atoms with E-state index in [0.717, 1.165) is 19.6 Å². The molecule has 1 N–H and O–H groups in total. The van der Waals surface area contributed by atoms with Gasteiger partial charge in [-0.15, -0.1) is 0 Å². The Balaban J connectivity index is 2.14. The first-order valence-corrected chi connectivity index (χ1v) is 6.06. The lowest BCUT2D eigenvalue weighted by molar-refractivity contribution is 0.666. The first-order chi connectivity index (χ1) is 8.29. The summed E-state index contributed by atoms with van der Waals surface area (Å²) in [4.78, 5) is 0. The molecule has 1 aromatic carbocycles. The Morgan fingerprint density at radius 3 is 2.65 bits per heavy atom. The molecular weight excluding hydrogens is 210 g/mol. The van der Waals surface area contributed by atoms with Crippen molar-refractivity contribution >= 4 is 0 Å². The third-order valence-corrected chi connectivity index (χ3v) is 2.78. The van der Waals surface area contributed by atoms with Crippen LogP contribution in [0.3, 0.4) is 0 Å². The zero-order valence-electron chi connectivity index (χ0n) is 10.5. The summed E-state index contributed by atoms with van der Waals surface area (Å²) in [7, 11) is 0. The Morgan fingerprint density at radius 2 is 2.00 bits per heavy atom. The van der Waals surface area contributed by atoms with Crippen molar-refractivity contribution in [2.24, 2.45) is 0 Å². The number of hydrogen-bond donors (Lipinski definition) is 1. The lowest BCUT2D eigenvalue weighted by Gasteiger charge is -2.09. The Kier molecular flexibility index (Phi) is 3.94. The minimum Gasteiger partial charge on any atom is -0.313 e. The second-order valence-electron chi connectivity index (χ2n) is 4.26. The Hall–Kier alpha value is -1.61. The molecule has 2 aromatic rings. The number of hydrogen-bond acceptors (Lipinski definition) is 2. The molecule has 17 heavy (non-hydrogen) atoms. The SMILES string of the molecule is CCNCc1ccccc1Cn1cc(C)cn1. The Labute approximate surface area is 102 Å². The van der Waals surface area contributed by atoms with E-state index in [1.807, 2.05) is 10.9 Å². The van der Waals surface area contributed by atoms with Gasteiger partial charge in [0.2, 0.25) is 0 Å². The van der Waals surface area contributed by atoms with Gasteiger partial charge in [0.15, 0.2) is 0 Å². The summed E-state index contributed by atoms with van der Waals surface area (Å²) in [6.45, 7) is 6.95. The predicted octanol–water partition coefficient (Wildman–Crippen LogP) is 2.35. The van der Waals surface area contributed by atoms with Crippen LogP contribution in [-0.2, 0) is 13.1 Å². The summed E-state index contributed by atoms with van der Waals surface area (Å²) in [6, 6.07) is 8.52. The first kappa shape index (κ1) is 11.9. The fourth-order valence-electron chi connectivity index (χ4n) is 1.87. The Morgan fingerprint density at radius 1 is 1.24 bits per heavy atom.